The quantitative estimate of drug-likeness (QED) is 0.459. The lowest BCUT2D eigenvalue weighted by Crippen LogP contribution is -2.02. The van der Waals surface area contributed by atoms with Gasteiger partial charge in [0.15, 0.2) is 6.16 Å². The predicted octanol–water partition coefficient (Wildman–Crippen LogP) is 4.57. The predicted molar refractivity (Wildman–Crippen MR) is 73.9 cm³/mol. The molecular weight excluding hydrogens is 303 g/mol. The zero-order valence-electron chi connectivity index (χ0n) is 8.92. The first-order valence-electron chi connectivity index (χ1n) is 5.02. The van der Waals surface area contributed by atoms with Gasteiger partial charge >= 0.3 is 8.03 Å². The fraction of sp³-hybridized carbons (Fsp3) is 0.400. The van der Waals surface area contributed by atoms with Gasteiger partial charge in [-0.3, -0.25) is 0 Å². The maximum absolute atomic E-state index is 10.4. The average Bonchev–Trinajstić information content (AvgIpc) is 2.25. The Balaban J connectivity index is 2.39. The minimum atomic E-state index is -2.02. The summed E-state index contributed by atoms with van der Waals surface area (Å²) in [5, 5.41) is 4.27. The summed E-state index contributed by atoms with van der Waals surface area (Å²) in [6, 6.07) is 3.39. The number of nitrogens with one attached hydrogen (secondary N) is 1. The maximum atomic E-state index is 10.4. The van der Waals surface area contributed by atoms with Crippen molar-refractivity contribution in [2.24, 2.45) is 0 Å². The molecule has 0 aliphatic carbocycles. The topological polar surface area (TPSA) is 49.3 Å². The van der Waals surface area contributed by atoms with Crippen LogP contribution >= 0.6 is 42.8 Å². The lowest BCUT2D eigenvalue weighted by molar-refractivity contribution is 0.500. The summed E-state index contributed by atoms with van der Waals surface area (Å²) < 4.78 is 10.4. The van der Waals surface area contributed by atoms with E-state index in [-0.39, 0.29) is 0 Å². The fourth-order valence-corrected chi connectivity index (χ4v) is 2.35. The molecule has 0 bridgehead atoms. The molecule has 0 radical (unpaired) electrons. The van der Waals surface area contributed by atoms with Crippen LogP contribution in [0.3, 0.4) is 0 Å². The number of hydrogen-bond acceptors (Lipinski definition) is 2. The van der Waals surface area contributed by atoms with E-state index in [0.717, 1.165) is 12.1 Å². The van der Waals surface area contributed by atoms with Gasteiger partial charge in [0.2, 0.25) is 0 Å². The Labute approximate surface area is 116 Å². The third-order valence-corrected chi connectivity index (χ3v) is 3.98. The van der Waals surface area contributed by atoms with E-state index in [1.54, 1.807) is 12.1 Å². The SMILES string of the molecule is O=[P+](O)CCCCNc1cc(Cl)c(Cl)c(Cl)c1. The molecule has 1 aromatic rings. The molecule has 0 saturated carbocycles. The van der Waals surface area contributed by atoms with Crippen molar-refractivity contribution < 1.29 is 9.46 Å². The van der Waals surface area contributed by atoms with Crippen LogP contribution in [-0.4, -0.2) is 17.6 Å². The van der Waals surface area contributed by atoms with Crippen LogP contribution in [0, 0.1) is 0 Å². The van der Waals surface area contributed by atoms with Gasteiger partial charge in [0.25, 0.3) is 0 Å². The fourth-order valence-electron chi connectivity index (χ4n) is 1.26. The zero-order chi connectivity index (χ0) is 12.8. The summed E-state index contributed by atoms with van der Waals surface area (Å²) in [4.78, 5) is 8.61. The number of unbranched alkanes of at least 4 members (excludes halogenated alkanes) is 1. The summed E-state index contributed by atoms with van der Waals surface area (Å²) in [6.45, 7) is 0.692. The smallest absolute Gasteiger partial charge is 0.385 e. The first kappa shape index (κ1) is 15.0. The molecule has 0 spiro atoms. The van der Waals surface area contributed by atoms with E-state index in [1.807, 2.05) is 0 Å². The molecule has 0 aliphatic heterocycles. The number of hydrogen-bond donors (Lipinski definition) is 2. The van der Waals surface area contributed by atoms with Crippen molar-refractivity contribution in [2.75, 3.05) is 18.0 Å². The van der Waals surface area contributed by atoms with Crippen molar-refractivity contribution in [1.29, 1.82) is 0 Å². The molecule has 0 aliphatic rings. The van der Waals surface area contributed by atoms with E-state index in [4.69, 9.17) is 39.7 Å². The average molecular weight is 316 g/mol. The molecule has 94 valence electrons. The van der Waals surface area contributed by atoms with Crippen molar-refractivity contribution >= 4 is 48.5 Å². The van der Waals surface area contributed by atoms with Crippen molar-refractivity contribution in [3.8, 4) is 0 Å². The Morgan fingerprint density at radius 3 is 2.29 bits per heavy atom. The lowest BCUT2D eigenvalue weighted by atomic mass is 10.3. The summed E-state index contributed by atoms with van der Waals surface area (Å²) in [7, 11) is -2.02. The molecule has 0 aromatic heterocycles. The number of rotatable bonds is 6. The van der Waals surface area contributed by atoms with Gasteiger partial charge in [0.1, 0.15) is 0 Å². The van der Waals surface area contributed by atoms with Gasteiger partial charge in [-0.15, -0.1) is 0 Å². The summed E-state index contributed by atoms with van der Waals surface area (Å²) in [6.07, 6.45) is 1.84. The van der Waals surface area contributed by atoms with E-state index in [0.29, 0.717) is 34.2 Å². The van der Waals surface area contributed by atoms with E-state index in [9.17, 15) is 4.57 Å². The van der Waals surface area contributed by atoms with E-state index in [1.165, 1.54) is 0 Å². The van der Waals surface area contributed by atoms with Crippen molar-refractivity contribution in [1.82, 2.24) is 0 Å². The zero-order valence-corrected chi connectivity index (χ0v) is 12.1. The number of halogens is 3. The third kappa shape index (κ3) is 5.41. The molecule has 7 heteroatoms. The molecule has 1 unspecified atom stereocenters. The van der Waals surface area contributed by atoms with Crippen LogP contribution in [-0.2, 0) is 4.57 Å². The molecule has 0 saturated heterocycles. The molecule has 17 heavy (non-hydrogen) atoms. The van der Waals surface area contributed by atoms with Crippen LogP contribution in [0.15, 0.2) is 12.1 Å². The Bertz CT molecular complexity index is 392. The van der Waals surface area contributed by atoms with Crippen LogP contribution in [0.4, 0.5) is 5.69 Å². The molecule has 1 atom stereocenters. The largest absolute Gasteiger partial charge is 0.505 e. The highest BCUT2D eigenvalue weighted by Gasteiger charge is 2.08. The highest BCUT2D eigenvalue weighted by Crippen LogP contribution is 2.33. The Morgan fingerprint density at radius 2 is 1.76 bits per heavy atom. The van der Waals surface area contributed by atoms with E-state index in [2.05, 4.69) is 5.32 Å². The van der Waals surface area contributed by atoms with Gasteiger partial charge in [-0.1, -0.05) is 34.8 Å². The highest BCUT2D eigenvalue weighted by atomic mass is 35.5. The Kier molecular flexibility index (Phi) is 6.53. The number of benzene rings is 1. The van der Waals surface area contributed by atoms with Gasteiger partial charge in [0, 0.05) is 12.2 Å². The maximum Gasteiger partial charge on any atom is 0.505 e. The van der Waals surface area contributed by atoms with Crippen LogP contribution in [0.5, 0.6) is 0 Å². The van der Waals surface area contributed by atoms with Crippen molar-refractivity contribution in [3.63, 3.8) is 0 Å². The van der Waals surface area contributed by atoms with Crippen LogP contribution in [0.2, 0.25) is 15.1 Å². The monoisotopic (exact) mass is 314 g/mol. The molecule has 0 heterocycles. The van der Waals surface area contributed by atoms with Crippen molar-refractivity contribution in [3.05, 3.63) is 27.2 Å². The highest BCUT2D eigenvalue weighted by molar-refractivity contribution is 7.37. The van der Waals surface area contributed by atoms with Crippen LogP contribution in [0.25, 0.3) is 0 Å². The summed E-state index contributed by atoms with van der Waals surface area (Å²) in [5.41, 5.74) is 0.790. The second-order valence-electron chi connectivity index (χ2n) is 3.46. The van der Waals surface area contributed by atoms with Gasteiger partial charge in [-0.25, -0.2) is 0 Å². The van der Waals surface area contributed by atoms with Gasteiger partial charge < -0.3 is 5.32 Å². The molecule has 3 nitrogen and oxygen atoms in total. The minimum absolute atomic E-state index is 0.332. The van der Waals surface area contributed by atoms with E-state index < -0.39 is 8.03 Å². The molecule has 0 fully saturated rings. The molecular formula is C10H12Cl3NO2P+. The standard InChI is InChI=1S/C10H11Cl3NO2P/c11-8-5-7(6-9(12)10(8)13)14-3-1-2-4-17(15)16/h5-6,14H,1-4H2/p+1. The molecule has 2 N–H and O–H groups in total. The molecule has 1 aromatic carbocycles. The minimum Gasteiger partial charge on any atom is -0.385 e. The summed E-state index contributed by atoms with van der Waals surface area (Å²) in [5.74, 6) is 0. The molecule has 1 rings (SSSR count). The summed E-state index contributed by atoms with van der Waals surface area (Å²) >= 11 is 17.6. The second kappa shape index (κ2) is 7.40. The van der Waals surface area contributed by atoms with Gasteiger partial charge in [-0.05, 0) is 29.5 Å². The first-order chi connectivity index (χ1) is 8.00. The van der Waals surface area contributed by atoms with Gasteiger partial charge in [0.05, 0.1) is 15.1 Å². The first-order valence-corrected chi connectivity index (χ1v) is 7.56. The Morgan fingerprint density at radius 1 is 1.18 bits per heavy atom. The van der Waals surface area contributed by atoms with Crippen LogP contribution < -0.4 is 5.32 Å². The molecule has 0 amide bonds. The van der Waals surface area contributed by atoms with Crippen molar-refractivity contribution in [2.45, 2.75) is 12.8 Å². The lowest BCUT2D eigenvalue weighted by Gasteiger charge is -2.07. The second-order valence-corrected chi connectivity index (χ2v) is 5.81. The number of anilines is 1. The van der Waals surface area contributed by atoms with Crippen LogP contribution in [0.1, 0.15) is 12.8 Å². The Hall–Kier alpha value is -0.0500. The normalized spacial score (nSPS) is 11.4. The van der Waals surface area contributed by atoms with E-state index >= 15 is 0 Å². The third-order valence-electron chi connectivity index (χ3n) is 2.09. The van der Waals surface area contributed by atoms with Gasteiger partial charge in [-0.2, -0.15) is 4.89 Å².